The lowest BCUT2D eigenvalue weighted by Crippen LogP contribution is -2.20. The van der Waals surface area contributed by atoms with Crippen LogP contribution in [0.3, 0.4) is 0 Å². The van der Waals surface area contributed by atoms with Gasteiger partial charge in [-0.2, -0.15) is 4.98 Å². The zero-order valence-corrected chi connectivity index (χ0v) is 18.3. The van der Waals surface area contributed by atoms with Crippen molar-refractivity contribution in [3.8, 4) is 22.8 Å². The van der Waals surface area contributed by atoms with Crippen LogP contribution < -0.4 is 20.5 Å². The maximum absolute atomic E-state index is 12.5. The molecule has 0 saturated carbocycles. The summed E-state index contributed by atoms with van der Waals surface area (Å²) in [5.41, 5.74) is 1.92. The van der Waals surface area contributed by atoms with Gasteiger partial charge in [0.15, 0.2) is 5.82 Å². The van der Waals surface area contributed by atoms with Gasteiger partial charge in [0.05, 0.1) is 17.7 Å². The van der Waals surface area contributed by atoms with Gasteiger partial charge in [-0.3, -0.25) is 5.32 Å². The third-order valence-electron chi connectivity index (χ3n) is 4.62. The molecule has 4 N–H and O–H groups in total. The van der Waals surface area contributed by atoms with Crippen LogP contribution in [-0.4, -0.2) is 36.3 Å². The molecule has 10 nitrogen and oxygen atoms in total. The minimum atomic E-state index is -3.81. The maximum atomic E-state index is 12.5. The van der Waals surface area contributed by atoms with Crippen molar-refractivity contribution in [2.75, 3.05) is 17.7 Å². The largest absolute Gasteiger partial charge is 0.497 e. The van der Waals surface area contributed by atoms with Crippen LogP contribution in [0.15, 0.2) is 83.8 Å². The van der Waals surface area contributed by atoms with Crippen molar-refractivity contribution < 1.29 is 17.9 Å². The van der Waals surface area contributed by atoms with E-state index < -0.39 is 16.1 Å². The molecule has 4 rings (SSSR count). The summed E-state index contributed by atoms with van der Waals surface area (Å²) in [6.45, 7) is 0. The molecule has 0 unspecified atom stereocenters. The molecule has 0 aliphatic heterocycles. The first-order valence-electron chi connectivity index (χ1n) is 9.71. The van der Waals surface area contributed by atoms with Gasteiger partial charge in [-0.25, -0.2) is 23.0 Å². The molecule has 0 radical (unpaired) electrons. The number of nitrogens with two attached hydrogens (primary N) is 1. The van der Waals surface area contributed by atoms with Gasteiger partial charge in [0.2, 0.25) is 10.0 Å². The van der Waals surface area contributed by atoms with E-state index in [0.717, 1.165) is 11.3 Å². The van der Waals surface area contributed by atoms with Gasteiger partial charge in [0.25, 0.3) is 5.95 Å². The van der Waals surface area contributed by atoms with Gasteiger partial charge in [-0.05, 0) is 48.5 Å². The SMILES string of the molecule is COc1ccc(-n2nc(NC(=O)Nc3ccc(S(N)(=O)=O)cc3)nc2-c2ccccc2)cc1. The van der Waals surface area contributed by atoms with E-state index in [1.807, 2.05) is 42.5 Å². The molecule has 1 heterocycles. The Kier molecular flexibility index (Phi) is 6.07. The van der Waals surface area contributed by atoms with Crippen molar-refractivity contribution in [3.05, 3.63) is 78.9 Å². The first kappa shape index (κ1) is 22.0. The fraction of sp³-hybridized carbons (Fsp3) is 0.0455. The first-order chi connectivity index (χ1) is 15.8. The highest BCUT2D eigenvalue weighted by Crippen LogP contribution is 2.24. The summed E-state index contributed by atoms with van der Waals surface area (Å²) in [5, 5.41) is 14.7. The Balaban J connectivity index is 1.58. The predicted octanol–water partition coefficient (Wildman–Crippen LogP) is 3.23. The summed E-state index contributed by atoms with van der Waals surface area (Å²) in [6, 6.07) is 21.6. The molecule has 3 aromatic carbocycles. The molecule has 168 valence electrons. The highest BCUT2D eigenvalue weighted by molar-refractivity contribution is 7.89. The summed E-state index contributed by atoms with van der Waals surface area (Å²) in [5.74, 6) is 1.32. The molecule has 0 spiro atoms. The van der Waals surface area contributed by atoms with E-state index >= 15 is 0 Å². The maximum Gasteiger partial charge on any atom is 0.326 e. The van der Waals surface area contributed by atoms with Gasteiger partial charge >= 0.3 is 6.03 Å². The number of hydrogen-bond acceptors (Lipinski definition) is 6. The number of nitrogens with one attached hydrogen (secondary N) is 2. The van der Waals surface area contributed by atoms with Crippen molar-refractivity contribution in [2.45, 2.75) is 4.90 Å². The first-order valence-corrected chi connectivity index (χ1v) is 11.3. The molecule has 0 bridgehead atoms. The molecule has 11 heteroatoms. The van der Waals surface area contributed by atoms with Gasteiger partial charge in [-0.15, -0.1) is 5.10 Å². The third-order valence-corrected chi connectivity index (χ3v) is 5.55. The van der Waals surface area contributed by atoms with E-state index in [4.69, 9.17) is 9.88 Å². The van der Waals surface area contributed by atoms with E-state index in [9.17, 15) is 13.2 Å². The number of rotatable bonds is 6. The number of methoxy groups -OCH3 is 1. The Morgan fingerprint density at radius 3 is 2.21 bits per heavy atom. The predicted molar refractivity (Wildman–Crippen MR) is 124 cm³/mol. The van der Waals surface area contributed by atoms with Crippen LogP contribution in [-0.2, 0) is 10.0 Å². The molecular formula is C22H20N6O4S. The van der Waals surface area contributed by atoms with Crippen LogP contribution in [0.4, 0.5) is 16.4 Å². The number of ether oxygens (including phenoxy) is 1. The second-order valence-electron chi connectivity index (χ2n) is 6.88. The molecule has 0 aliphatic rings. The molecule has 0 saturated heterocycles. The molecule has 0 aliphatic carbocycles. The average Bonchev–Trinajstić information content (AvgIpc) is 3.23. The molecule has 0 fully saturated rings. The zero-order chi connectivity index (χ0) is 23.4. The normalized spacial score (nSPS) is 11.1. The molecule has 4 aromatic rings. The number of anilines is 2. The molecule has 0 atom stereocenters. The minimum absolute atomic E-state index is 0.0548. The number of carbonyl (C=O) groups excluding carboxylic acids is 1. The van der Waals surface area contributed by atoms with Crippen LogP contribution in [0.5, 0.6) is 5.75 Å². The Hall–Kier alpha value is -4.22. The lowest BCUT2D eigenvalue weighted by Gasteiger charge is -2.07. The number of hydrogen-bond donors (Lipinski definition) is 3. The van der Waals surface area contributed by atoms with E-state index in [0.29, 0.717) is 17.3 Å². The quantitative estimate of drug-likeness (QED) is 0.400. The number of amides is 2. The molecule has 2 amide bonds. The number of benzene rings is 3. The number of sulfonamides is 1. The standard InChI is InChI=1S/C22H20N6O4S/c1-32-18-11-9-17(10-12-18)28-20(15-5-3-2-4-6-15)25-21(27-28)26-22(29)24-16-7-13-19(14-8-16)33(23,30)31/h2-14H,1H3,(H2,23,30,31)(H2,24,26,27,29). The lowest BCUT2D eigenvalue weighted by atomic mass is 10.2. The topological polar surface area (TPSA) is 141 Å². The van der Waals surface area contributed by atoms with E-state index in [1.165, 1.54) is 24.3 Å². The second kappa shape index (κ2) is 9.10. The summed E-state index contributed by atoms with van der Waals surface area (Å²) in [7, 11) is -2.23. The van der Waals surface area contributed by atoms with E-state index in [-0.39, 0.29) is 10.8 Å². The van der Waals surface area contributed by atoms with Crippen LogP contribution in [0.1, 0.15) is 0 Å². The van der Waals surface area contributed by atoms with Crippen LogP contribution in [0, 0.1) is 0 Å². The van der Waals surface area contributed by atoms with Crippen molar-refractivity contribution in [3.63, 3.8) is 0 Å². The number of primary sulfonamides is 1. The van der Waals surface area contributed by atoms with Gasteiger partial charge in [0.1, 0.15) is 5.75 Å². The van der Waals surface area contributed by atoms with Crippen molar-refractivity contribution in [2.24, 2.45) is 5.14 Å². The average molecular weight is 465 g/mol. The van der Waals surface area contributed by atoms with Gasteiger partial charge < -0.3 is 10.1 Å². The number of aromatic nitrogens is 3. The van der Waals surface area contributed by atoms with Gasteiger partial charge in [-0.1, -0.05) is 30.3 Å². The van der Waals surface area contributed by atoms with Crippen LogP contribution in [0.25, 0.3) is 17.1 Å². The lowest BCUT2D eigenvalue weighted by molar-refractivity contribution is 0.262. The molecule has 1 aromatic heterocycles. The highest BCUT2D eigenvalue weighted by Gasteiger charge is 2.16. The fourth-order valence-corrected chi connectivity index (χ4v) is 3.55. The Bertz CT molecular complexity index is 1370. The zero-order valence-electron chi connectivity index (χ0n) is 17.5. The minimum Gasteiger partial charge on any atom is -0.497 e. The van der Waals surface area contributed by atoms with E-state index in [1.54, 1.807) is 23.9 Å². The van der Waals surface area contributed by atoms with Crippen LogP contribution in [0.2, 0.25) is 0 Å². The fourth-order valence-electron chi connectivity index (χ4n) is 3.03. The van der Waals surface area contributed by atoms with Crippen LogP contribution >= 0.6 is 0 Å². The van der Waals surface area contributed by atoms with E-state index in [2.05, 4.69) is 20.7 Å². The highest BCUT2D eigenvalue weighted by atomic mass is 32.2. The second-order valence-corrected chi connectivity index (χ2v) is 8.44. The number of carbonyl (C=O) groups is 1. The Morgan fingerprint density at radius 2 is 1.61 bits per heavy atom. The summed E-state index contributed by atoms with van der Waals surface area (Å²) < 4.78 is 29.6. The summed E-state index contributed by atoms with van der Waals surface area (Å²) in [6.07, 6.45) is 0. The number of nitrogens with zero attached hydrogens (tertiary/aromatic N) is 3. The molecular weight excluding hydrogens is 444 g/mol. The summed E-state index contributed by atoms with van der Waals surface area (Å²) in [4.78, 5) is 16.9. The number of urea groups is 1. The Morgan fingerprint density at radius 1 is 0.939 bits per heavy atom. The third kappa shape index (κ3) is 5.17. The van der Waals surface area contributed by atoms with Crippen molar-refractivity contribution in [1.82, 2.24) is 14.8 Å². The van der Waals surface area contributed by atoms with Crippen molar-refractivity contribution in [1.29, 1.82) is 0 Å². The smallest absolute Gasteiger partial charge is 0.326 e. The molecule has 33 heavy (non-hydrogen) atoms. The van der Waals surface area contributed by atoms with Gasteiger partial charge in [0, 0.05) is 11.3 Å². The Labute approximate surface area is 190 Å². The summed E-state index contributed by atoms with van der Waals surface area (Å²) >= 11 is 0. The van der Waals surface area contributed by atoms with Crippen molar-refractivity contribution >= 4 is 27.7 Å². The monoisotopic (exact) mass is 464 g/mol.